The normalized spacial score (nSPS) is 10.3. The molecular formula is C13H15NO2S2. The Morgan fingerprint density at radius 2 is 1.94 bits per heavy atom. The number of thiol groups is 1. The van der Waals surface area contributed by atoms with Crippen LogP contribution in [-0.4, -0.2) is 18.7 Å². The van der Waals surface area contributed by atoms with Gasteiger partial charge in [-0.2, -0.15) is 12.6 Å². The van der Waals surface area contributed by atoms with E-state index in [4.69, 9.17) is 9.47 Å². The first kappa shape index (κ1) is 13.2. The smallest absolute Gasteiger partial charge is 0.119 e. The van der Waals surface area contributed by atoms with E-state index in [0.717, 1.165) is 28.6 Å². The summed E-state index contributed by atoms with van der Waals surface area (Å²) in [6, 6.07) is 7.58. The third-order valence-electron chi connectivity index (χ3n) is 2.41. The molecule has 0 bridgehead atoms. The zero-order valence-electron chi connectivity index (χ0n) is 10.1. The summed E-state index contributed by atoms with van der Waals surface area (Å²) >= 11 is 5.85. The van der Waals surface area contributed by atoms with Crippen molar-refractivity contribution in [1.29, 1.82) is 0 Å². The molecule has 1 heterocycles. The summed E-state index contributed by atoms with van der Waals surface area (Å²) in [5, 5.41) is 3.13. The lowest BCUT2D eigenvalue weighted by molar-refractivity contribution is 0.321. The number of nitrogens with zero attached hydrogens (tertiary/aromatic N) is 1. The maximum atomic E-state index is 5.64. The average Bonchev–Trinajstić information content (AvgIpc) is 2.87. The Balaban J connectivity index is 1.80. The quantitative estimate of drug-likeness (QED) is 0.825. The van der Waals surface area contributed by atoms with E-state index in [1.54, 1.807) is 18.4 Å². The van der Waals surface area contributed by atoms with Crippen molar-refractivity contribution in [2.24, 2.45) is 0 Å². The van der Waals surface area contributed by atoms with Gasteiger partial charge in [0.2, 0.25) is 0 Å². The van der Waals surface area contributed by atoms with Crippen molar-refractivity contribution in [3.63, 3.8) is 0 Å². The molecule has 0 spiro atoms. The highest BCUT2D eigenvalue weighted by molar-refractivity contribution is 7.79. The van der Waals surface area contributed by atoms with Crippen molar-refractivity contribution in [3.05, 3.63) is 40.3 Å². The van der Waals surface area contributed by atoms with Gasteiger partial charge in [-0.3, -0.25) is 0 Å². The van der Waals surface area contributed by atoms with Crippen molar-refractivity contribution in [3.8, 4) is 11.5 Å². The van der Waals surface area contributed by atoms with E-state index in [2.05, 4.69) is 17.6 Å². The summed E-state index contributed by atoms with van der Waals surface area (Å²) in [4.78, 5) is 4.43. The molecule has 0 saturated heterocycles. The van der Waals surface area contributed by atoms with Gasteiger partial charge in [0.05, 0.1) is 24.4 Å². The molecule has 5 heteroatoms. The minimum Gasteiger partial charge on any atom is -0.497 e. The second-order valence-electron chi connectivity index (χ2n) is 3.66. The summed E-state index contributed by atoms with van der Waals surface area (Å²) in [5.41, 5.74) is 1.03. The fourth-order valence-corrected chi connectivity index (χ4v) is 2.53. The van der Waals surface area contributed by atoms with Crippen LogP contribution >= 0.6 is 24.0 Å². The number of benzene rings is 1. The van der Waals surface area contributed by atoms with E-state index in [-0.39, 0.29) is 0 Å². The van der Waals surface area contributed by atoms with Crippen LogP contribution < -0.4 is 9.47 Å². The Morgan fingerprint density at radius 1 is 1.22 bits per heavy atom. The van der Waals surface area contributed by atoms with Crippen molar-refractivity contribution in [2.45, 2.75) is 12.2 Å². The summed E-state index contributed by atoms with van der Waals surface area (Å²) < 4.78 is 10.7. The third kappa shape index (κ3) is 3.65. The van der Waals surface area contributed by atoms with Gasteiger partial charge in [0.1, 0.15) is 11.5 Å². The average molecular weight is 281 g/mol. The Labute approximate surface area is 116 Å². The molecule has 0 aliphatic rings. The number of rotatable bonds is 6. The van der Waals surface area contributed by atoms with Crippen LogP contribution in [0.25, 0.3) is 0 Å². The highest BCUT2D eigenvalue weighted by atomic mass is 32.1. The Bertz CT molecular complexity index is 482. The Kier molecular flexibility index (Phi) is 4.90. The second kappa shape index (κ2) is 6.66. The molecule has 1 aromatic heterocycles. The largest absolute Gasteiger partial charge is 0.497 e. The van der Waals surface area contributed by atoms with Crippen LogP contribution in [0.5, 0.6) is 11.5 Å². The zero-order valence-corrected chi connectivity index (χ0v) is 11.8. The lowest BCUT2D eigenvalue weighted by Crippen LogP contribution is -2.01. The van der Waals surface area contributed by atoms with E-state index in [0.29, 0.717) is 12.4 Å². The van der Waals surface area contributed by atoms with E-state index in [1.807, 2.05) is 29.6 Å². The van der Waals surface area contributed by atoms with Gasteiger partial charge in [-0.05, 0) is 24.3 Å². The number of thiazole rings is 1. The number of methoxy groups -OCH3 is 1. The van der Waals surface area contributed by atoms with Crippen molar-refractivity contribution in [1.82, 2.24) is 4.98 Å². The summed E-state index contributed by atoms with van der Waals surface area (Å²) in [6.07, 6.45) is 0.824. The van der Waals surface area contributed by atoms with E-state index in [1.165, 1.54) is 0 Å². The maximum absolute atomic E-state index is 5.64. The molecule has 2 rings (SSSR count). The van der Waals surface area contributed by atoms with Crippen LogP contribution in [0.2, 0.25) is 0 Å². The molecule has 18 heavy (non-hydrogen) atoms. The van der Waals surface area contributed by atoms with Gasteiger partial charge in [-0.15, -0.1) is 11.3 Å². The van der Waals surface area contributed by atoms with Gasteiger partial charge in [0, 0.05) is 17.6 Å². The molecule has 2 aromatic rings. The maximum Gasteiger partial charge on any atom is 0.119 e. The summed E-state index contributed by atoms with van der Waals surface area (Å²) in [5.74, 6) is 2.37. The topological polar surface area (TPSA) is 31.4 Å². The fourth-order valence-electron chi connectivity index (χ4n) is 1.46. The zero-order chi connectivity index (χ0) is 12.8. The summed E-state index contributed by atoms with van der Waals surface area (Å²) in [7, 11) is 1.65. The van der Waals surface area contributed by atoms with Crippen molar-refractivity contribution >= 4 is 24.0 Å². The summed E-state index contributed by atoms with van der Waals surface area (Å²) in [6.45, 7) is 0.631. The van der Waals surface area contributed by atoms with Crippen molar-refractivity contribution in [2.75, 3.05) is 13.7 Å². The van der Waals surface area contributed by atoms with Gasteiger partial charge in [-0.25, -0.2) is 4.98 Å². The van der Waals surface area contributed by atoms with Gasteiger partial charge in [-0.1, -0.05) is 0 Å². The SMILES string of the molecule is COc1ccc(OCCc2nc(CS)cs2)cc1. The van der Waals surface area contributed by atoms with E-state index >= 15 is 0 Å². The predicted molar refractivity (Wildman–Crippen MR) is 77.0 cm³/mol. The minimum atomic E-state index is 0.631. The molecule has 1 aromatic carbocycles. The lowest BCUT2D eigenvalue weighted by Gasteiger charge is -2.05. The molecule has 0 saturated carbocycles. The standard InChI is InChI=1S/C13H15NO2S2/c1-15-11-2-4-12(5-3-11)16-7-6-13-14-10(8-17)9-18-13/h2-5,9,17H,6-8H2,1H3. The third-order valence-corrected chi connectivity index (χ3v) is 3.69. The van der Waals surface area contributed by atoms with Crippen LogP contribution in [0.3, 0.4) is 0 Å². The fraction of sp³-hybridized carbons (Fsp3) is 0.308. The highest BCUT2D eigenvalue weighted by Crippen LogP contribution is 2.18. The molecule has 0 aliphatic heterocycles. The van der Waals surface area contributed by atoms with Crippen LogP contribution in [-0.2, 0) is 12.2 Å². The molecule has 0 N–H and O–H groups in total. The first-order valence-electron chi connectivity index (χ1n) is 5.63. The predicted octanol–water partition coefficient (Wildman–Crippen LogP) is 3.20. The lowest BCUT2D eigenvalue weighted by atomic mass is 10.3. The number of aromatic nitrogens is 1. The van der Waals surface area contributed by atoms with Crippen LogP contribution in [0.1, 0.15) is 10.7 Å². The van der Waals surface area contributed by atoms with Crippen molar-refractivity contribution < 1.29 is 9.47 Å². The minimum absolute atomic E-state index is 0.631. The first-order chi connectivity index (χ1) is 8.81. The van der Waals surface area contributed by atoms with Crippen LogP contribution in [0.4, 0.5) is 0 Å². The van der Waals surface area contributed by atoms with Gasteiger partial charge in [0.25, 0.3) is 0 Å². The highest BCUT2D eigenvalue weighted by Gasteiger charge is 2.01. The molecule has 0 radical (unpaired) electrons. The van der Waals surface area contributed by atoms with Crippen LogP contribution in [0.15, 0.2) is 29.6 Å². The van der Waals surface area contributed by atoms with E-state index in [9.17, 15) is 0 Å². The molecule has 0 amide bonds. The van der Waals surface area contributed by atoms with Gasteiger partial charge < -0.3 is 9.47 Å². The molecule has 0 atom stereocenters. The first-order valence-corrected chi connectivity index (χ1v) is 7.14. The second-order valence-corrected chi connectivity index (χ2v) is 4.92. The Morgan fingerprint density at radius 3 is 2.56 bits per heavy atom. The van der Waals surface area contributed by atoms with Gasteiger partial charge in [0.15, 0.2) is 0 Å². The molecule has 0 aliphatic carbocycles. The van der Waals surface area contributed by atoms with Gasteiger partial charge >= 0.3 is 0 Å². The van der Waals surface area contributed by atoms with E-state index < -0.39 is 0 Å². The van der Waals surface area contributed by atoms with Crippen LogP contribution in [0, 0.1) is 0 Å². The molecular weight excluding hydrogens is 266 g/mol. The molecule has 0 unspecified atom stereocenters. The molecule has 96 valence electrons. The monoisotopic (exact) mass is 281 g/mol. The number of hydrogen-bond acceptors (Lipinski definition) is 5. The number of hydrogen-bond donors (Lipinski definition) is 1. The molecule has 3 nitrogen and oxygen atoms in total. The molecule has 0 fully saturated rings. The number of ether oxygens (including phenoxy) is 2. The Hall–Kier alpha value is -1.20.